The highest BCUT2D eigenvalue weighted by Gasteiger charge is 2.52. The molecule has 154 valence electrons. The van der Waals surface area contributed by atoms with Crippen LogP contribution in [-0.2, 0) is 20.8 Å². The Kier molecular flexibility index (Phi) is 5.69. The van der Waals surface area contributed by atoms with Crippen LogP contribution in [0.1, 0.15) is 38.2 Å². The van der Waals surface area contributed by atoms with E-state index in [0.29, 0.717) is 45.4 Å². The molecule has 3 aliphatic rings. The zero-order valence-corrected chi connectivity index (χ0v) is 16.9. The van der Waals surface area contributed by atoms with Gasteiger partial charge in [0.25, 0.3) is 0 Å². The van der Waals surface area contributed by atoms with Gasteiger partial charge in [0, 0.05) is 19.5 Å². The second-order valence-corrected chi connectivity index (χ2v) is 8.15. The Morgan fingerprint density at radius 2 is 1.66 bits per heavy atom. The fourth-order valence-corrected chi connectivity index (χ4v) is 4.39. The minimum Gasteiger partial charge on any atom is -0.494 e. The van der Waals surface area contributed by atoms with Gasteiger partial charge < -0.3 is 9.64 Å². The topological polar surface area (TPSA) is 66.9 Å². The minimum atomic E-state index is -0.193. The molecule has 6 nitrogen and oxygen atoms in total. The van der Waals surface area contributed by atoms with Crippen molar-refractivity contribution < 1.29 is 19.1 Å². The molecule has 0 radical (unpaired) electrons. The molecule has 4 rings (SSSR count). The molecule has 2 fully saturated rings. The minimum absolute atomic E-state index is 0.0492. The molecule has 0 saturated carbocycles. The van der Waals surface area contributed by atoms with Gasteiger partial charge >= 0.3 is 0 Å². The van der Waals surface area contributed by atoms with Gasteiger partial charge in [-0.2, -0.15) is 0 Å². The number of fused-ring (bicyclic) bond motifs is 1. The Hall–Kier alpha value is -2.63. The van der Waals surface area contributed by atoms with Gasteiger partial charge in [0.05, 0.1) is 24.5 Å². The van der Waals surface area contributed by atoms with Crippen LogP contribution in [0.5, 0.6) is 5.75 Å². The van der Waals surface area contributed by atoms with Crippen molar-refractivity contribution in [3.63, 3.8) is 0 Å². The lowest BCUT2D eigenvalue weighted by Crippen LogP contribution is -2.62. The number of aryl methyl sites for hydroxylation is 1. The molecule has 6 heteroatoms. The summed E-state index contributed by atoms with van der Waals surface area (Å²) >= 11 is 0. The number of amides is 3. The highest BCUT2D eigenvalue weighted by atomic mass is 16.5. The lowest BCUT2D eigenvalue weighted by molar-refractivity contribution is -0.152. The number of carbonyl (C=O) groups excluding carboxylic acids is 3. The third-order valence-corrected chi connectivity index (χ3v) is 6.15. The number of allylic oxidation sites excluding steroid dienone is 2. The molecule has 1 aromatic rings. The molecule has 2 heterocycles. The number of hydrogen-bond acceptors (Lipinski definition) is 4. The van der Waals surface area contributed by atoms with Crippen molar-refractivity contribution in [2.75, 3.05) is 19.7 Å². The van der Waals surface area contributed by atoms with Crippen molar-refractivity contribution in [2.45, 2.75) is 45.1 Å². The molecular formula is C23H28N2O4. The maximum Gasteiger partial charge on any atom is 0.233 e. The highest BCUT2D eigenvalue weighted by Crippen LogP contribution is 2.37. The third-order valence-electron chi connectivity index (χ3n) is 6.15. The number of hydrogen-bond donors (Lipinski definition) is 0. The molecule has 2 saturated heterocycles. The van der Waals surface area contributed by atoms with Gasteiger partial charge in [-0.1, -0.05) is 31.2 Å². The predicted octanol–water partition coefficient (Wildman–Crippen LogP) is 2.57. The van der Waals surface area contributed by atoms with E-state index >= 15 is 0 Å². The molecular weight excluding hydrogens is 368 g/mol. The van der Waals surface area contributed by atoms with Crippen molar-refractivity contribution in [2.24, 2.45) is 11.8 Å². The van der Waals surface area contributed by atoms with Crippen molar-refractivity contribution >= 4 is 17.7 Å². The maximum absolute atomic E-state index is 12.6. The quantitative estimate of drug-likeness (QED) is 0.525. The van der Waals surface area contributed by atoms with Gasteiger partial charge in [-0.15, -0.1) is 0 Å². The fourth-order valence-electron chi connectivity index (χ4n) is 4.39. The smallest absolute Gasteiger partial charge is 0.233 e. The van der Waals surface area contributed by atoms with Crippen molar-refractivity contribution in [1.29, 1.82) is 0 Å². The van der Waals surface area contributed by atoms with Gasteiger partial charge in [0.2, 0.25) is 17.7 Å². The average molecular weight is 396 g/mol. The molecule has 0 spiro atoms. The third kappa shape index (κ3) is 3.93. The zero-order valence-electron chi connectivity index (χ0n) is 16.9. The lowest BCUT2D eigenvalue weighted by Gasteiger charge is -2.43. The van der Waals surface area contributed by atoms with Gasteiger partial charge in [-0.3, -0.25) is 19.3 Å². The fraction of sp³-hybridized carbons (Fsp3) is 0.522. The highest BCUT2D eigenvalue weighted by molar-refractivity contribution is 6.06. The number of ether oxygens (including phenoxy) is 1. The summed E-state index contributed by atoms with van der Waals surface area (Å²) in [5, 5.41) is 0. The number of imide groups is 1. The van der Waals surface area contributed by atoms with E-state index in [4.69, 9.17) is 4.74 Å². The first-order valence-electron chi connectivity index (χ1n) is 10.6. The van der Waals surface area contributed by atoms with E-state index in [9.17, 15) is 14.4 Å². The van der Waals surface area contributed by atoms with E-state index in [1.165, 1.54) is 4.90 Å². The summed E-state index contributed by atoms with van der Waals surface area (Å²) in [6.07, 6.45) is 7.38. The van der Waals surface area contributed by atoms with Gasteiger partial charge in [0.1, 0.15) is 5.75 Å². The molecule has 2 unspecified atom stereocenters. The van der Waals surface area contributed by atoms with Crippen LogP contribution in [0, 0.1) is 11.8 Å². The Balaban J connectivity index is 1.24. The van der Waals surface area contributed by atoms with Crippen LogP contribution in [0.2, 0.25) is 0 Å². The number of likely N-dealkylation sites (tertiary alicyclic amines) is 2. The summed E-state index contributed by atoms with van der Waals surface area (Å²) in [7, 11) is 0. The first-order valence-corrected chi connectivity index (χ1v) is 10.6. The Morgan fingerprint density at radius 3 is 2.24 bits per heavy atom. The number of carbonyl (C=O) groups is 3. The molecule has 1 aliphatic carbocycles. The molecule has 2 aliphatic heterocycles. The van der Waals surface area contributed by atoms with Gasteiger partial charge in [-0.05, 0) is 43.4 Å². The van der Waals surface area contributed by atoms with E-state index in [0.717, 1.165) is 17.7 Å². The van der Waals surface area contributed by atoms with Crippen molar-refractivity contribution in [1.82, 2.24) is 9.80 Å². The van der Waals surface area contributed by atoms with Crippen LogP contribution in [0.4, 0.5) is 0 Å². The Labute approximate surface area is 171 Å². The molecule has 3 amide bonds. The Morgan fingerprint density at radius 1 is 1.03 bits per heavy atom. The first-order chi connectivity index (χ1) is 14.1. The monoisotopic (exact) mass is 396 g/mol. The average Bonchev–Trinajstić information content (AvgIpc) is 2.96. The lowest BCUT2D eigenvalue weighted by atomic mass is 9.85. The molecule has 2 atom stereocenters. The number of nitrogens with zero attached hydrogens (tertiary/aromatic N) is 2. The zero-order chi connectivity index (χ0) is 20.4. The van der Waals surface area contributed by atoms with Crippen LogP contribution in [0.25, 0.3) is 0 Å². The van der Waals surface area contributed by atoms with E-state index in [-0.39, 0.29) is 35.6 Å². The summed E-state index contributed by atoms with van der Waals surface area (Å²) in [4.78, 5) is 40.9. The number of rotatable bonds is 7. The standard InChI is InChI=1S/C23H28N2O4/c1-2-13-29-18-10-7-16(8-11-18)9-12-21(26)24-14-17(15-24)25-22(27)19-5-3-4-6-20(19)23(25)28/h3-4,7-8,10-11,17,19-20H,2,5-6,9,12-15H2,1H3. The van der Waals surface area contributed by atoms with Crippen LogP contribution in [0.3, 0.4) is 0 Å². The molecule has 1 aromatic carbocycles. The normalized spacial score (nSPS) is 23.9. The molecule has 0 aromatic heterocycles. The summed E-state index contributed by atoms with van der Waals surface area (Å²) in [5.74, 6) is 0.440. The van der Waals surface area contributed by atoms with Gasteiger partial charge in [0.15, 0.2) is 0 Å². The van der Waals surface area contributed by atoms with E-state index in [2.05, 4.69) is 6.92 Å². The number of benzene rings is 1. The van der Waals surface area contributed by atoms with Crippen LogP contribution >= 0.6 is 0 Å². The summed E-state index contributed by atoms with van der Waals surface area (Å²) in [5.41, 5.74) is 1.10. The SMILES string of the molecule is CCCOc1ccc(CCC(=O)N2CC(N3C(=O)C4CC=CCC4C3=O)C2)cc1. The maximum atomic E-state index is 12.6. The van der Waals surface area contributed by atoms with Crippen LogP contribution in [-0.4, -0.2) is 53.3 Å². The van der Waals surface area contributed by atoms with Crippen molar-refractivity contribution in [3.8, 4) is 5.75 Å². The van der Waals surface area contributed by atoms with E-state index in [1.807, 2.05) is 36.4 Å². The van der Waals surface area contributed by atoms with E-state index < -0.39 is 0 Å². The van der Waals surface area contributed by atoms with Gasteiger partial charge in [-0.25, -0.2) is 0 Å². The Bertz CT molecular complexity index is 785. The van der Waals surface area contributed by atoms with Crippen LogP contribution in [0.15, 0.2) is 36.4 Å². The molecule has 0 bridgehead atoms. The summed E-state index contributed by atoms with van der Waals surface area (Å²) < 4.78 is 5.57. The summed E-state index contributed by atoms with van der Waals surface area (Å²) in [6, 6.07) is 7.71. The van der Waals surface area contributed by atoms with Crippen molar-refractivity contribution in [3.05, 3.63) is 42.0 Å². The predicted molar refractivity (Wildman–Crippen MR) is 108 cm³/mol. The summed E-state index contributed by atoms with van der Waals surface area (Å²) in [6.45, 7) is 3.70. The second kappa shape index (κ2) is 8.39. The second-order valence-electron chi connectivity index (χ2n) is 8.15. The molecule has 29 heavy (non-hydrogen) atoms. The van der Waals surface area contributed by atoms with E-state index in [1.54, 1.807) is 4.90 Å². The molecule has 0 N–H and O–H groups in total. The first kappa shape index (κ1) is 19.7. The largest absolute Gasteiger partial charge is 0.494 e. The van der Waals surface area contributed by atoms with Crippen LogP contribution < -0.4 is 4.74 Å².